The average Bonchev–Trinajstić information content (AvgIpc) is 2.69. The Hall–Kier alpha value is -0.650. The Morgan fingerprint density at radius 3 is 2.76 bits per heavy atom. The normalized spacial score (nSPS) is 35.0. The highest BCUT2D eigenvalue weighted by atomic mass is 16.5. The van der Waals surface area contributed by atoms with Crippen molar-refractivity contribution in [2.24, 2.45) is 0 Å². The molecule has 0 radical (unpaired) electrons. The minimum atomic E-state index is -0.0950. The summed E-state index contributed by atoms with van der Waals surface area (Å²) in [6.07, 6.45) is 0.900. The maximum absolute atomic E-state index is 11.7. The van der Waals surface area contributed by atoms with Crippen LogP contribution in [0.3, 0.4) is 0 Å². The van der Waals surface area contributed by atoms with Gasteiger partial charge in [-0.25, -0.2) is 4.90 Å². The lowest BCUT2D eigenvalue weighted by molar-refractivity contribution is -0.678. The fraction of sp³-hybridized carbons (Fsp3) is 0.917. The number of piperidine rings is 1. The number of hydrogen-bond donors (Lipinski definition) is 1. The molecular formula is C12H24N3O2+. The van der Waals surface area contributed by atoms with E-state index in [2.05, 4.69) is 29.0 Å². The van der Waals surface area contributed by atoms with E-state index in [0.29, 0.717) is 18.1 Å². The van der Waals surface area contributed by atoms with Crippen LogP contribution in [0.1, 0.15) is 20.3 Å². The van der Waals surface area contributed by atoms with E-state index < -0.39 is 0 Å². The minimum Gasteiger partial charge on any atom is -0.468 e. The van der Waals surface area contributed by atoms with Crippen LogP contribution in [0.4, 0.5) is 0 Å². The summed E-state index contributed by atoms with van der Waals surface area (Å²) >= 11 is 0. The molecule has 98 valence electrons. The second kappa shape index (κ2) is 4.92. The smallest absolute Gasteiger partial charge is 0.323 e. The molecule has 2 aliphatic rings. The first kappa shape index (κ1) is 12.8. The lowest BCUT2D eigenvalue weighted by atomic mass is 9.93. The second-order valence-corrected chi connectivity index (χ2v) is 5.47. The summed E-state index contributed by atoms with van der Waals surface area (Å²) in [5.41, 5.74) is 0. The summed E-state index contributed by atoms with van der Waals surface area (Å²) in [4.78, 5) is 16.4. The molecule has 0 bridgehead atoms. The van der Waals surface area contributed by atoms with Crippen LogP contribution in [-0.4, -0.2) is 67.3 Å². The predicted octanol–water partition coefficient (Wildman–Crippen LogP) is -1.15. The standard InChI is InChI=1S/C12H23N3O2/c1-8(2)15-7-13-9-5-10(12(16)17-4)14(3)6-11(9)15/h8-11,13H,5-7H2,1-4H3/p+1. The van der Waals surface area contributed by atoms with E-state index in [4.69, 9.17) is 4.74 Å². The molecule has 2 aliphatic heterocycles. The van der Waals surface area contributed by atoms with Gasteiger partial charge in [0.2, 0.25) is 0 Å². The Morgan fingerprint density at radius 1 is 1.47 bits per heavy atom. The molecule has 0 aromatic rings. The summed E-state index contributed by atoms with van der Waals surface area (Å²) < 4.78 is 4.87. The fourth-order valence-electron chi connectivity index (χ4n) is 3.16. The highest BCUT2D eigenvalue weighted by molar-refractivity contribution is 5.75. The van der Waals surface area contributed by atoms with Crippen LogP contribution in [-0.2, 0) is 9.53 Å². The Bertz CT molecular complexity index is 295. The summed E-state index contributed by atoms with van der Waals surface area (Å²) in [6.45, 7) is 6.49. The SMILES string of the molecule is COC(=O)C1CC2[NH2+]CN(C(C)C)C2CN1C. The maximum atomic E-state index is 11.7. The zero-order valence-electron chi connectivity index (χ0n) is 11.2. The fourth-order valence-corrected chi connectivity index (χ4v) is 3.16. The van der Waals surface area contributed by atoms with E-state index in [-0.39, 0.29) is 12.0 Å². The van der Waals surface area contributed by atoms with Crippen molar-refractivity contribution in [3.63, 3.8) is 0 Å². The Kier molecular flexibility index (Phi) is 3.70. The van der Waals surface area contributed by atoms with E-state index in [1.54, 1.807) is 0 Å². The van der Waals surface area contributed by atoms with E-state index in [9.17, 15) is 4.79 Å². The molecule has 2 fully saturated rings. The van der Waals surface area contributed by atoms with Crippen LogP contribution in [0.15, 0.2) is 0 Å². The molecule has 2 N–H and O–H groups in total. The Morgan fingerprint density at radius 2 is 2.18 bits per heavy atom. The number of quaternary nitrogens is 1. The highest BCUT2D eigenvalue weighted by Gasteiger charge is 2.47. The van der Waals surface area contributed by atoms with Gasteiger partial charge in [-0.05, 0) is 20.9 Å². The van der Waals surface area contributed by atoms with Crippen LogP contribution in [0.2, 0.25) is 0 Å². The van der Waals surface area contributed by atoms with Gasteiger partial charge in [0.05, 0.1) is 13.2 Å². The van der Waals surface area contributed by atoms with Gasteiger partial charge in [-0.3, -0.25) is 9.69 Å². The first-order valence-corrected chi connectivity index (χ1v) is 6.41. The summed E-state index contributed by atoms with van der Waals surface area (Å²) in [5.74, 6) is -0.0950. The minimum absolute atomic E-state index is 0.0652. The third-order valence-electron chi connectivity index (χ3n) is 4.18. The van der Waals surface area contributed by atoms with Gasteiger partial charge >= 0.3 is 5.97 Å². The molecule has 3 unspecified atom stereocenters. The second-order valence-electron chi connectivity index (χ2n) is 5.47. The molecule has 0 spiro atoms. The number of likely N-dealkylation sites (N-methyl/N-ethyl adjacent to an activating group) is 1. The summed E-state index contributed by atoms with van der Waals surface area (Å²) in [5, 5.41) is 2.37. The molecular weight excluding hydrogens is 218 g/mol. The van der Waals surface area contributed by atoms with Crippen LogP contribution >= 0.6 is 0 Å². The van der Waals surface area contributed by atoms with Crippen molar-refractivity contribution >= 4 is 5.97 Å². The number of nitrogens with two attached hydrogens (primary N) is 1. The first-order chi connectivity index (χ1) is 8.04. The molecule has 0 aromatic carbocycles. The third kappa shape index (κ3) is 2.32. The number of nitrogens with zero attached hydrogens (tertiary/aromatic N) is 2. The number of hydrogen-bond acceptors (Lipinski definition) is 4. The zero-order chi connectivity index (χ0) is 12.6. The van der Waals surface area contributed by atoms with E-state index in [1.807, 2.05) is 7.05 Å². The molecule has 0 aliphatic carbocycles. The molecule has 5 heteroatoms. The molecule has 5 nitrogen and oxygen atoms in total. The van der Waals surface area contributed by atoms with Crippen LogP contribution in [0, 0.1) is 0 Å². The van der Waals surface area contributed by atoms with Crippen LogP contribution in [0.5, 0.6) is 0 Å². The van der Waals surface area contributed by atoms with Crippen LogP contribution in [0.25, 0.3) is 0 Å². The Balaban J connectivity index is 2.05. The molecule has 2 rings (SSSR count). The quantitative estimate of drug-likeness (QED) is 0.621. The monoisotopic (exact) mass is 242 g/mol. The number of fused-ring (bicyclic) bond motifs is 1. The molecule has 3 atom stereocenters. The van der Waals surface area contributed by atoms with E-state index in [0.717, 1.165) is 19.6 Å². The summed E-state index contributed by atoms with van der Waals surface area (Å²) in [6, 6.07) is 1.62. The number of methoxy groups -OCH3 is 1. The molecule has 0 amide bonds. The predicted molar refractivity (Wildman–Crippen MR) is 64.4 cm³/mol. The lowest BCUT2D eigenvalue weighted by Crippen LogP contribution is -2.89. The highest BCUT2D eigenvalue weighted by Crippen LogP contribution is 2.22. The number of likely N-dealkylation sites (tertiary alicyclic amines) is 1. The van der Waals surface area contributed by atoms with Crippen molar-refractivity contribution in [1.29, 1.82) is 0 Å². The Labute approximate surface area is 103 Å². The van der Waals surface area contributed by atoms with Gasteiger partial charge < -0.3 is 10.1 Å². The van der Waals surface area contributed by atoms with Crippen molar-refractivity contribution in [3.8, 4) is 0 Å². The largest absolute Gasteiger partial charge is 0.468 e. The van der Waals surface area contributed by atoms with Crippen molar-refractivity contribution in [3.05, 3.63) is 0 Å². The van der Waals surface area contributed by atoms with Crippen molar-refractivity contribution in [1.82, 2.24) is 9.80 Å². The average molecular weight is 242 g/mol. The molecule has 17 heavy (non-hydrogen) atoms. The number of carbonyl (C=O) groups is 1. The number of rotatable bonds is 2. The number of esters is 1. The van der Waals surface area contributed by atoms with Gasteiger partial charge in [0, 0.05) is 19.0 Å². The first-order valence-electron chi connectivity index (χ1n) is 6.41. The van der Waals surface area contributed by atoms with Crippen LogP contribution < -0.4 is 5.32 Å². The van der Waals surface area contributed by atoms with Gasteiger partial charge in [0.15, 0.2) is 0 Å². The van der Waals surface area contributed by atoms with Gasteiger partial charge in [-0.2, -0.15) is 0 Å². The van der Waals surface area contributed by atoms with Gasteiger partial charge in [-0.1, -0.05) is 0 Å². The molecule has 0 saturated carbocycles. The third-order valence-corrected chi connectivity index (χ3v) is 4.18. The molecule has 2 heterocycles. The van der Waals surface area contributed by atoms with Crippen molar-refractivity contribution in [2.45, 2.75) is 44.4 Å². The molecule has 0 aromatic heterocycles. The zero-order valence-corrected chi connectivity index (χ0v) is 11.2. The van der Waals surface area contributed by atoms with Crippen molar-refractivity contribution < 1.29 is 14.8 Å². The lowest BCUT2D eigenvalue weighted by Gasteiger charge is -2.38. The van der Waals surface area contributed by atoms with E-state index >= 15 is 0 Å². The van der Waals surface area contributed by atoms with Gasteiger partial charge in [0.25, 0.3) is 0 Å². The van der Waals surface area contributed by atoms with E-state index in [1.165, 1.54) is 7.11 Å². The number of ether oxygens (including phenoxy) is 1. The van der Waals surface area contributed by atoms with Gasteiger partial charge in [0.1, 0.15) is 18.8 Å². The maximum Gasteiger partial charge on any atom is 0.323 e. The summed E-state index contributed by atoms with van der Waals surface area (Å²) in [7, 11) is 3.50. The van der Waals surface area contributed by atoms with Gasteiger partial charge in [-0.15, -0.1) is 0 Å². The van der Waals surface area contributed by atoms with Crippen molar-refractivity contribution in [2.75, 3.05) is 27.4 Å². The molecule has 2 saturated heterocycles. The number of carbonyl (C=O) groups excluding carboxylic acids is 1. The topological polar surface area (TPSA) is 49.4 Å².